The molecule has 0 saturated carbocycles. The van der Waals surface area contributed by atoms with Crippen molar-refractivity contribution in [3.05, 3.63) is 84.4 Å². The van der Waals surface area contributed by atoms with E-state index in [1.807, 2.05) is 54.6 Å². The first-order valence-corrected chi connectivity index (χ1v) is 7.14. The minimum Gasteiger partial charge on any atom is -0.478 e. The zero-order valence-corrected chi connectivity index (χ0v) is 12.3. The summed E-state index contributed by atoms with van der Waals surface area (Å²) in [6.45, 7) is 0. The molecule has 0 aliphatic rings. The predicted molar refractivity (Wildman–Crippen MR) is 89.6 cm³/mol. The van der Waals surface area contributed by atoms with Crippen molar-refractivity contribution in [3.8, 4) is 11.5 Å². The normalized spacial score (nSPS) is 10.1. The zero-order chi connectivity index (χ0) is 16.1. The minimum atomic E-state index is -0.935. The summed E-state index contributed by atoms with van der Waals surface area (Å²) < 4.78 is 5.79. The summed E-state index contributed by atoms with van der Waals surface area (Å²) >= 11 is 0. The van der Waals surface area contributed by atoms with Gasteiger partial charge in [0.05, 0.1) is 5.56 Å². The number of carboxylic acid groups (broad SMARTS) is 1. The van der Waals surface area contributed by atoms with Crippen molar-refractivity contribution in [2.24, 2.45) is 0 Å². The third-order valence-corrected chi connectivity index (χ3v) is 3.23. The Hall–Kier alpha value is -3.27. The molecule has 0 atom stereocenters. The van der Waals surface area contributed by atoms with E-state index in [1.54, 1.807) is 24.3 Å². The Kier molecular flexibility index (Phi) is 4.25. The highest BCUT2D eigenvalue weighted by molar-refractivity contribution is 5.88. The number of hydrogen-bond acceptors (Lipinski definition) is 3. The van der Waals surface area contributed by atoms with E-state index in [0.717, 1.165) is 22.9 Å². The van der Waals surface area contributed by atoms with E-state index in [1.165, 1.54) is 0 Å². The highest BCUT2D eigenvalue weighted by atomic mass is 16.5. The van der Waals surface area contributed by atoms with E-state index in [9.17, 15) is 4.79 Å². The van der Waals surface area contributed by atoms with Crippen molar-refractivity contribution in [2.45, 2.75) is 0 Å². The van der Waals surface area contributed by atoms with Gasteiger partial charge >= 0.3 is 5.97 Å². The molecule has 0 aliphatic heterocycles. The Bertz CT molecular complexity index is 798. The molecule has 4 nitrogen and oxygen atoms in total. The van der Waals surface area contributed by atoms with E-state index in [-0.39, 0.29) is 5.56 Å². The van der Waals surface area contributed by atoms with Gasteiger partial charge in [0.15, 0.2) is 0 Å². The smallest absolute Gasteiger partial charge is 0.335 e. The number of hydrogen-bond donors (Lipinski definition) is 2. The van der Waals surface area contributed by atoms with E-state index < -0.39 is 5.97 Å². The molecule has 3 aromatic carbocycles. The van der Waals surface area contributed by atoms with E-state index >= 15 is 0 Å². The molecule has 0 bridgehead atoms. The molecule has 4 heteroatoms. The number of ether oxygens (including phenoxy) is 1. The number of nitrogens with one attached hydrogen (secondary N) is 1. The lowest BCUT2D eigenvalue weighted by Crippen LogP contribution is -1.96. The molecule has 3 aromatic rings. The second-order valence-corrected chi connectivity index (χ2v) is 4.95. The van der Waals surface area contributed by atoms with Gasteiger partial charge < -0.3 is 15.2 Å². The summed E-state index contributed by atoms with van der Waals surface area (Å²) in [5.41, 5.74) is 1.94. The van der Waals surface area contributed by atoms with Gasteiger partial charge in [-0.25, -0.2) is 4.79 Å². The molecule has 0 unspecified atom stereocenters. The van der Waals surface area contributed by atoms with Gasteiger partial charge in [-0.15, -0.1) is 0 Å². The maximum Gasteiger partial charge on any atom is 0.335 e. The van der Waals surface area contributed by atoms with Gasteiger partial charge in [-0.1, -0.05) is 24.3 Å². The summed E-state index contributed by atoms with van der Waals surface area (Å²) in [5, 5.41) is 12.1. The molecule has 0 aromatic heterocycles. The maximum absolute atomic E-state index is 10.9. The number of anilines is 2. The van der Waals surface area contributed by atoms with Crippen LogP contribution in [0.25, 0.3) is 0 Å². The quantitative estimate of drug-likeness (QED) is 0.702. The fourth-order valence-corrected chi connectivity index (χ4v) is 2.12. The van der Waals surface area contributed by atoms with Crippen molar-refractivity contribution in [1.29, 1.82) is 0 Å². The molecule has 2 N–H and O–H groups in total. The molecule has 0 amide bonds. The van der Waals surface area contributed by atoms with Gasteiger partial charge in [0.25, 0.3) is 0 Å². The first-order valence-electron chi connectivity index (χ1n) is 7.14. The van der Waals surface area contributed by atoms with Crippen molar-refractivity contribution >= 4 is 17.3 Å². The molecule has 0 aliphatic carbocycles. The third kappa shape index (κ3) is 3.89. The number of carboxylic acids is 1. The van der Waals surface area contributed by atoms with E-state index in [2.05, 4.69) is 5.32 Å². The number of aromatic carboxylic acids is 1. The molecule has 0 heterocycles. The summed E-state index contributed by atoms with van der Waals surface area (Å²) in [6, 6.07) is 23.7. The molecule has 0 spiro atoms. The molecule has 114 valence electrons. The molecule has 3 rings (SSSR count). The van der Waals surface area contributed by atoms with Crippen LogP contribution < -0.4 is 10.1 Å². The van der Waals surface area contributed by atoms with E-state index in [0.29, 0.717) is 0 Å². The number of benzene rings is 3. The van der Waals surface area contributed by atoms with Gasteiger partial charge in [-0.05, 0) is 48.5 Å². The fraction of sp³-hybridized carbons (Fsp3) is 0. The van der Waals surface area contributed by atoms with Gasteiger partial charge in [0, 0.05) is 17.4 Å². The van der Waals surface area contributed by atoms with Crippen molar-refractivity contribution in [2.75, 3.05) is 5.32 Å². The SMILES string of the molecule is O=C(O)c1ccc(Nc2cccc(Oc3ccccc3)c2)cc1. The Balaban J connectivity index is 1.73. The summed E-state index contributed by atoms with van der Waals surface area (Å²) in [7, 11) is 0. The second-order valence-electron chi connectivity index (χ2n) is 4.95. The summed E-state index contributed by atoms with van der Waals surface area (Å²) in [4.78, 5) is 10.9. The summed E-state index contributed by atoms with van der Waals surface area (Å²) in [5.74, 6) is 0.564. The van der Waals surface area contributed by atoms with Crippen LogP contribution in [0.3, 0.4) is 0 Å². The van der Waals surface area contributed by atoms with Gasteiger partial charge in [0.2, 0.25) is 0 Å². The topological polar surface area (TPSA) is 58.6 Å². The van der Waals surface area contributed by atoms with Crippen LogP contribution in [0.1, 0.15) is 10.4 Å². The predicted octanol–water partition coefficient (Wildman–Crippen LogP) is 4.92. The fourth-order valence-electron chi connectivity index (χ4n) is 2.12. The van der Waals surface area contributed by atoms with Crippen molar-refractivity contribution in [3.63, 3.8) is 0 Å². The van der Waals surface area contributed by atoms with Crippen LogP contribution in [0.4, 0.5) is 11.4 Å². The average molecular weight is 305 g/mol. The average Bonchev–Trinajstić information content (AvgIpc) is 2.57. The standard InChI is InChI=1S/C19H15NO3/c21-19(22)14-9-11-15(12-10-14)20-16-5-4-8-18(13-16)23-17-6-2-1-3-7-17/h1-13,20H,(H,21,22). The molecule has 0 radical (unpaired) electrons. The van der Waals surface area contributed by atoms with Crippen LogP contribution in [-0.4, -0.2) is 11.1 Å². The Morgan fingerprint density at radius 2 is 1.48 bits per heavy atom. The maximum atomic E-state index is 10.9. The van der Waals surface area contributed by atoms with Crippen LogP contribution in [0, 0.1) is 0 Å². The minimum absolute atomic E-state index is 0.261. The van der Waals surface area contributed by atoms with Crippen LogP contribution in [-0.2, 0) is 0 Å². The van der Waals surface area contributed by atoms with Crippen LogP contribution >= 0.6 is 0 Å². The Morgan fingerprint density at radius 3 is 2.17 bits per heavy atom. The summed E-state index contributed by atoms with van der Waals surface area (Å²) in [6.07, 6.45) is 0. The Labute approximate surface area is 134 Å². The molecular formula is C19H15NO3. The van der Waals surface area contributed by atoms with Crippen LogP contribution in [0.15, 0.2) is 78.9 Å². The largest absolute Gasteiger partial charge is 0.478 e. The molecule has 0 saturated heterocycles. The van der Waals surface area contributed by atoms with Crippen LogP contribution in [0.2, 0.25) is 0 Å². The third-order valence-electron chi connectivity index (χ3n) is 3.23. The Morgan fingerprint density at radius 1 is 0.783 bits per heavy atom. The van der Waals surface area contributed by atoms with Crippen molar-refractivity contribution in [1.82, 2.24) is 0 Å². The van der Waals surface area contributed by atoms with E-state index in [4.69, 9.17) is 9.84 Å². The molecule has 23 heavy (non-hydrogen) atoms. The number of para-hydroxylation sites is 1. The number of carbonyl (C=O) groups is 1. The lowest BCUT2D eigenvalue weighted by atomic mass is 10.2. The van der Waals surface area contributed by atoms with Crippen molar-refractivity contribution < 1.29 is 14.6 Å². The zero-order valence-electron chi connectivity index (χ0n) is 12.3. The first kappa shape index (κ1) is 14.7. The monoisotopic (exact) mass is 305 g/mol. The van der Waals surface area contributed by atoms with Gasteiger partial charge in [0.1, 0.15) is 11.5 Å². The number of rotatable bonds is 5. The first-order chi connectivity index (χ1) is 11.2. The molecule has 0 fully saturated rings. The van der Waals surface area contributed by atoms with Gasteiger partial charge in [-0.3, -0.25) is 0 Å². The lowest BCUT2D eigenvalue weighted by Gasteiger charge is -2.10. The van der Waals surface area contributed by atoms with Crippen LogP contribution in [0.5, 0.6) is 11.5 Å². The second kappa shape index (κ2) is 6.66. The lowest BCUT2D eigenvalue weighted by molar-refractivity contribution is 0.0697. The highest BCUT2D eigenvalue weighted by Crippen LogP contribution is 2.25. The van der Waals surface area contributed by atoms with Gasteiger partial charge in [-0.2, -0.15) is 0 Å². The highest BCUT2D eigenvalue weighted by Gasteiger charge is 2.03. The molecular weight excluding hydrogens is 290 g/mol.